The Morgan fingerprint density at radius 3 is 2.16 bits per heavy atom. The van der Waals surface area contributed by atoms with Gasteiger partial charge in [-0.25, -0.2) is 14.4 Å². The number of carboxylic acid groups (broad SMARTS) is 2. The number of hydrogen-bond acceptors (Lipinski definition) is 9. The van der Waals surface area contributed by atoms with Crippen molar-refractivity contribution in [1.29, 1.82) is 0 Å². The van der Waals surface area contributed by atoms with E-state index in [-0.39, 0.29) is 16.8 Å². The van der Waals surface area contributed by atoms with Crippen molar-refractivity contribution in [1.82, 2.24) is 0 Å². The second-order valence-corrected chi connectivity index (χ2v) is 7.09. The van der Waals surface area contributed by atoms with E-state index in [2.05, 4.69) is 5.32 Å². The Bertz CT molecular complexity index is 1040. The number of aliphatic hydroxyl groups is 3. The number of ether oxygens (including phenoxy) is 2. The molecule has 2 aromatic carbocycles. The number of para-hydroxylation sites is 1. The zero-order chi connectivity index (χ0) is 23.6. The maximum Gasteiger partial charge on any atom is 0.342 e. The highest BCUT2D eigenvalue weighted by Crippen LogP contribution is 2.28. The highest BCUT2D eigenvalue weighted by atomic mass is 16.7. The summed E-state index contributed by atoms with van der Waals surface area (Å²) >= 11 is 0. The minimum atomic E-state index is -1.92. The molecule has 0 bridgehead atoms. The predicted octanol–water partition coefficient (Wildman–Crippen LogP) is 0.486. The van der Waals surface area contributed by atoms with Crippen molar-refractivity contribution in [3.63, 3.8) is 0 Å². The lowest BCUT2D eigenvalue weighted by Gasteiger charge is -2.38. The minimum absolute atomic E-state index is 0.0316. The molecule has 1 aliphatic rings. The summed E-state index contributed by atoms with van der Waals surface area (Å²) in [5, 5.41) is 51.0. The van der Waals surface area contributed by atoms with E-state index in [0.717, 1.165) is 0 Å². The van der Waals surface area contributed by atoms with Crippen LogP contribution in [0.25, 0.3) is 0 Å². The van der Waals surface area contributed by atoms with Gasteiger partial charge >= 0.3 is 17.9 Å². The van der Waals surface area contributed by atoms with Gasteiger partial charge in [0.25, 0.3) is 0 Å². The maximum absolute atomic E-state index is 12.8. The third-order valence-electron chi connectivity index (χ3n) is 5.02. The summed E-state index contributed by atoms with van der Waals surface area (Å²) in [5.41, 5.74) is 1.12. The molecule has 0 aromatic heterocycles. The average molecular weight is 447 g/mol. The SMILES string of the molecule is Cc1c(Nc2ccccc2C(=O)O[C@@H]2O[C@H](C(=O)O)[C@@H](O)[C@H](O)[C@H]2O)cccc1C(=O)O. The molecule has 11 nitrogen and oxygen atoms in total. The number of esters is 1. The van der Waals surface area contributed by atoms with E-state index in [9.17, 15) is 34.8 Å². The van der Waals surface area contributed by atoms with E-state index in [1.165, 1.54) is 30.3 Å². The van der Waals surface area contributed by atoms with Crippen molar-refractivity contribution in [2.24, 2.45) is 0 Å². The first-order chi connectivity index (χ1) is 15.1. The normalized spacial score (nSPS) is 25.1. The number of aliphatic hydroxyl groups excluding tert-OH is 3. The summed E-state index contributed by atoms with van der Waals surface area (Å²) in [6, 6.07) is 10.6. The van der Waals surface area contributed by atoms with Gasteiger partial charge in [-0.1, -0.05) is 18.2 Å². The lowest BCUT2D eigenvalue weighted by molar-refractivity contribution is -0.278. The van der Waals surface area contributed by atoms with Crippen LogP contribution < -0.4 is 5.32 Å². The van der Waals surface area contributed by atoms with Crippen molar-refractivity contribution in [3.05, 3.63) is 59.2 Å². The van der Waals surface area contributed by atoms with E-state index in [0.29, 0.717) is 11.3 Å². The van der Waals surface area contributed by atoms with E-state index in [1.807, 2.05) is 0 Å². The zero-order valence-corrected chi connectivity index (χ0v) is 16.7. The molecule has 1 saturated heterocycles. The molecule has 170 valence electrons. The molecule has 2 aromatic rings. The Morgan fingerprint density at radius 1 is 0.875 bits per heavy atom. The third-order valence-corrected chi connectivity index (χ3v) is 5.02. The molecule has 0 radical (unpaired) electrons. The number of carboxylic acids is 2. The van der Waals surface area contributed by atoms with E-state index >= 15 is 0 Å². The number of nitrogens with one attached hydrogen (secondary N) is 1. The third kappa shape index (κ3) is 4.55. The Hall–Kier alpha value is -3.51. The van der Waals surface area contributed by atoms with Crippen LogP contribution in [0.4, 0.5) is 11.4 Å². The molecule has 3 rings (SSSR count). The van der Waals surface area contributed by atoms with Crippen LogP contribution in [-0.4, -0.2) is 74.1 Å². The van der Waals surface area contributed by atoms with Gasteiger partial charge in [-0.15, -0.1) is 0 Å². The van der Waals surface area contributed by atoms with Crippen LogP contribution in [0.2, 0.25) is 0 Å². The standard InChI is InChI=1S/C21H21NO10/c1-9-10(18(26)27)6-4-8-12(9)22-13-7-3-2-5-11(13)20(30)32-21-16(25)14(23)15(24)17(31-21)19(28)29/h2-8,14-17,21-25H,1H3,(H,26,27)(H,28,29)/t14-,15-,16+,17-,21-/m0/s1. The molecular formula is C21H21NO10. The smallest absolute Gasteiger partial charge is 0.342 e. The van der Waals surface area contributed by atoms with Crippen molar-refractivity contribution < 1.29 is 49.4 Å². The summed E-state index contributed by atoms with van der Waals surface area (Å²) in [7, 11) is 0. The highest BCUT2D eigenvalue weighted by molar-refractivity contribution is 5.97. The minimum Gasteiger partial charge on any atom is -0.479 e. The Kier molecular flexibility index (Phi) is 6.75. The number of hydrogen-bond donors (Lipinski definition) is 6. The molecule has 1 aliphatic heterocycles. The second-order valence-electron chi connectivity index (χ2n) is 7.09. The topological polar surface area (TPSA) is 183 Å². The lowest BCUT2D eigenvalue weighted by atomic mass is 9.99. The molecule has 1 heterocycles. The van der Waals surface area contributed by atoms with Gasteiger partial charge in [0, 0.05) is 5.69 Å². The van der Waals surface area contributed by atoms with Crippen LogP contribution in [-0.2, 0) is 14.3 Å². The molecule has 1 fully saturated rings. The first-order valence-corrected chi connectivity index (χ1v) is 9.44. The fourth-order valence-corrected chi connectivity index (χ4v) is 3.24. The van der Waals surface area contributed by atoms with E-state index < -0.39 is 48.6 Å². The van der Waals surface area contributed by atoms with Gasteiger partial charge < -0.3 is 40.3 Å². The molecule has 11 heteroatoms. The van der Waals surface area contributed by atoms with E-state index in [1.54, 1.807) is 19.1 Å². The lowest BCUT2D eigenvalue weighted by Crippen LogP contribution is -2.60. The predicted molar refractivity (Wildman–Crippen MR) is 108 cm³/mol. The summed E-state index contributed by atoms with van der Waals surface area (Å²) < 4.78 is 10.0. The Balaban J connectivity index is 1.84. The number of anilines is 2. The molecular weight excluding hydrogens is 426 g/mol. The number of rotatable bonds is 6. The fourth-order valence-electron chi connectivity index (χ4n) is 3.24. The van der Waals surface area contributed by atoms with Gasteiger partial charge in [0.2, 0.25) is 6.29 Å². The largest absolute Gasteiger partial charge is 0.479 e. The van der Waals surface area contributed by atoms with Gasteiger partial charge in [0.05, 0.1) is 16.8 Å². The van der Waals surface area contributed by atoms with Gasteiger partial charge in [0.15, 0.2) is 6.10 Å². The van der Waals surface area contributed by atoms with Crippen LogP contribution >= 0.6 is 0 Å². The van der Waals surface area contributed by atoms with E-state index in [4.69, 9.17) is 14.6 Å². The van der Waals surface area contributed by atoms with Gasteiger partial charge in [0.1, 0.15) is 18.3 Å². The molecule has 0 unspecified atom stereocenters. The number of carbonyl (C=O) groups is 3. The van der Waals surface area contributed by atoms with Crippen LogP contribution in [0.15, 0.2) is 42.5 Å². The second kappa shape index (κ2) is 9.32. The van der Waals surface area contributed by atoms with Crippen molar-refractivity contribution in [2.45, 2.75) is 37.6 Å². The number of aromatic carboxylic acids is 1. The fraction of sp³-hybridized carbons (Fsp3) is 0.286. The van der Waals surface area contributed by atoms with Crippen LogP contribution in [0.5, 0.6) is 0 Å². The quantitative estimate of drug-likeness (QED) is 0.339. The number of carbonyl (C=O) groups excluding carboxylic acids is 1. The zero-order valence-electron chi connectivity index (χ0n) is 16.7. The van der Waals surface area contributed by atoms with Crippen LogP contribution in [0.3, 0.4) is 0 Å². The maximum atomic E-state index is 12.8. The molecule has 0 aliphatic carbocycles. The van der Waals surface area contributed by atoms with Crippen LogP contribution in [0, 0.1) is 6.92 Å². The summed E-state index contributed by atoms with van der Waals surface area (Å²) in [6.45, 7) is 1.59. The molecule has 32 heavy (non-hydrogen) atoms. The molecule has 0 saturated carbocycles. The molecule has 0 spiro atoms. The summed E-state index contributed by atoms with van der Waals surface area (Å²) in [5.74, 6) is -3.74. The van der Waals surface area contributed by atoms with Crippen molar-refractivity contribution in [2.75, 3.05) is 5.32 Å². The molecule has 0 amide bonds. The highest BCUT2D eigenvalue weighted by Gasteiger charge is 2.48. The monoisotopic (exact) mass is 447 g/mol. The molecule has 6 N–H and O–H groups in total. The van der Waals surface area contributed by atoms with Crippen molar-refractivity contribution in [3.8, 4) is 0 Å². The molecule has 5 atom stereocenters. The van der Waals surface area contributed by atoms with Gasteiger partial charge in [-0.05, 0) is 36.8 Å². The number of benzene rings is 2. The summed E-state index contributed by atoms with van der Waals surface area (Å²) in [4.78, 5) is 35.3. The number of aliphatic carboxylic acids is 1. The summed E-state index contributed by atoms with van der Waals surface area (Å²) in [6.07, 6.45) is -9.50. The Labute approximate surface area is 181 Å². The van der Waals surface area contributed by atoms with Gasteiger partial charge in [-0.2, -0.15) is 0 Å². The van der Waals surface area contributed by atoms with Gasteiger partial charge in [-0.3, -0.25) is 0 Å². The average Bonchev–Trinajstić information content (AvgIpc) is 2.75. The Morgan fingerprint density at radius 2 is 1.50 bits per heavy atom. The van der Waals surface area contributed by atoms with Crippen molar-refractivity contribution >= 4 is 29.3 Å². The first kappa shape index (κ1) is 23.2. The van der Waals surface area contributed by atoms with Crippen LogP contribution in [0.1, 0.15) is 26.3 Å². The first-order valence-electron chi connectivity index (χ1n) is 9.44.